The second-order valence-electron chi connectivity index (χ2n) is 3.80. The van der Waals surface area contributed by atoms with Gasteiger partial charge < -0.3 is 0 Å². The van der Waals surface area contributed by atoms with Crippen LogP contribution in [0.4, 0.5) is 0 Å². The highest BCUT2D eigenvalue weighted by atomic mass is 32.1. The summed E-state index contributed by atoms with van der Waals surface area (Å²) in [6.07, 6.45) is 9.94. The summed E-state index contributed by atoms with van der Waals surface area (Å²) in [7, 11) is 0. The Morgan fingerprint density at radius 2 is 1.91 bits per heavy atom. The molecular formula is C10H20S. The molecule has 0 bridgehead atoms. The highest BCUT2D eigenvalue weighted by molar-refractivity contribution is 7.80. The molecule has 0 aliphatic heterocycles. The van der Waals surface area contributed by atoms with Gasteiger partial charge in [-0.05, 0) is 18.8 Å². The predicted molar refractivity (Wildman–Crippen MR) is 54.3 cm³/mol. The Hall–Kier alpha value is 0.350. The van der Waals surface area contributed by atoms with E-state index in [-0.39, 0.29) is 0 Å². The molecule has 0 spiro atoms. The average Bonchev–Trinajstić information content (AvgIpc) is 2.06. The highest BCUT2D eigenvalue weighted by Gasteiger charge is 2.15. The minimum atomic E-state index is 0.665. The maximum Gasteiger partial charge on any atom is 0.00168 e. The van der Waals surface area contributed by atoms with Gasteiger partial charge in [-0.1, -0.05) is 39.0 Å². The molecule has 1 saturated carbocycles. The molecule has 1 heteroatoms. The van der Waals surface area contributed by atoms with Crippen LogP contribution in [0.5, 0.6) is 0 Å². The molecule has 0 aromatic rings. The summed E-state index contributed by atoms with van der Waals surface area (Å²) < 4.78 is 0. The summed E-state index contributed by atoms with van der Waals surface area (Å²) in [5.41, 5.74) is 0. The molecule has 1 unspecified atom stereocenters. The SMILES string of the molecule is CCC(S)CC1CCCCC1. The first kappa shape index (κ1) is 9.44. The van der Waals surface area contributed by atoms with Crippen LogP contribution in [0.1, 0.15) is 51.9 Å². The lowest BCUT2D eigenvalue weighted by atomic mass is 9.86. The Balaban J connectivity index is 2.13. The molecule has 1 atom stereocenters. The first-order valence-corrected chi connectivity index (χ1v) is 5.52. The van der Waals surface area contributed by atoms with Crippen molar-refractivity contribution in [1.29, 1.82) is 0 Å². The minimum absolute atomic E-state index is 0.665. The monoisotopic (exact) mass is 172 g/mol. The molecule has 0 amide bonds. The van der Waals surface area contributed by atoms with E-state index in [1.165, 1.54) is 44.9 Å². The van der Waals surface area contributed by atoms with Crippen molar-refractivity contribution in [1.82, 2.24) is 0 Å². The van der Waals surface area contributed by atoms with E-state index in [0.29, 0.717) is 5.25 Å². The fraction of sp³-hybridized carbons (Fsp3) is 1.00. The Morgan fingerprint density at radius 1 is 1.27 bits per heavy atom. The van der Waals surface area contributed by atoms with Gasteiger partial charge in [0, 0.05) is 5.25 Å². The second kappa shape index (κ2) is 5.08. The zero-order valence-corrected chi connectivity index (χ0v) is 8.45. The van der Waals surface area contributed by atoms with E-state index in [4.69, 9.17) is 0 Å². The third-order valence-electron chi connectivity index (χ3n) is 2.80. The minimum Gasteiger partial charge on any atom is -0.176 e. The summed E-state index contributed by atoms with van der Waals surface area (Å²) in [4.78, 5) is 0. The quantitative estimate of drug-likeness (QED) is 0.617. The van der Waals surface area contributed by atoms with Crippen LogP contribution in [-0.4, -0.2) is 5.25 Å². The third-order valence-corrected chi connectivity index (χ3v) is 3.38. The Labute approximate surface area is 76.2 Å². The standard InChI is InChI=1S/C10H20S/c1-2-10(11)8-9-6-4-3-5-7-9/h9-11H,2-8H2,1H3. The summed E-state index contributed by atoms with van der Waals surface area (Å²) in [6, 6.07) is 0. The van der Waals surface area contributed by atoms with Crippen molar-refractivity contribution in [2.24, 2.45) is 5.92 Å². The van der Waals surface area contributed by atoms with Crippen LogP contribution in [0.2, 0.25) is 0 Å². The normalized spacial score (nSPS) is 23.5. The van der Waals surface area contributed by atoms with Crippen LogP contribution in [0.25, 0.3) is 0 Å². The predicted octanol–water partition coefficient (Wildman–Crippen LogP) is 3.67. The summed E-state index contributed by atoms with van der Waals surface area (Å²) in [5.74, 6) is 1.01. The molecular weight excluding hydrogens is 152 g/mol. The highest BCUT2D eigenvalue weighted by Crippen LogP contribution is 2.29. The summed E-state index contributed by atoms with van der Waals surface area (Å²) >= 11 is 4.54. The Bertz CT molecular complexity index is 95.0. The van der Waals surface area contributed by atoms with Crippen molar-refractivity contribution >= 4 is 12.6 Å². The van der Waals surface area contributed by atoms with Gasteiger partial charge >= 0.3 is 0 Å². The smallest absolute Gasteiger partial charge is 0.00168 e. The fourth-order valence-corrected chi connectivity index (χ4v) is 2.27. The zero-order chi connectivity index (χ0) is 8.10. The third kappa shape index (κ3) is 3.50. The van der Waals surface area contributed by atoms with Crippen LogP contribution < -0.4 is 0 Å². The van der Waals surface area contributed by atoms with Crippen LogP contribution in [-0.2, 0) is 0 Å². The zero-order valence-electron chi connectivity index (χ0n) is 7.55. The van der Waals surface area contributed by atoms with Crippen molar-refractivity contribution in [3.8, 4) is 0 Å². The maximum absolute atomic E-state index is 4.54. The molecule has 1 aliphatic carbocycles. The van der Waals surface area contributed by atoms with Gasteiger partial charge in [0.25, 0.3) is 0 Å². The number of hydrogen-bond donors (Lipinski definition) is 1. The Kier molecular flexibility index (Phi) is 4.36. The first-order valence-electron chi connectivity index (χ1n) is 5.01. The molecule has 0 aromatic heterocycles. The molecule has 0 saturated heterocycles. The summed E-state index contributed by atoms with van der Waals surface area (Å²) in [6.45, 7) is 2.24. The van der Waals surface area contributed by atoms with Crippen molar-refractivity contribution in [2.45, 2.75) is 57.1 Å². The molecule has 0 heterocycles. The molecule has 1 aliphatic rings. The van der Waals surface area contributed by atoms with Gasteiger partial charge in [-0.2, -0.15) is 12.6 Å². The van der Waals surface area contributed by atoms with Gasteiger partial charge in [0.15, 0.2) is 0 Å². The van der Waals surface area contributed by atoms with Gasteiger partial charge in [0.2, 0.25) is 0 Å². The van der Waals surface area contributed by atoms with Gasteiger partial charge in [-0.15, -0.1) is 0 Å². The van der Waals surface area contributed by atoms with Gasteiger partial charge in [-0.3, -0.25) is 0 Å². The fourth-order valence-electron chi connectivity index (χ4n) is 1.97. The van der Waals surface area contributed by atoms with Gasteiger partial charge in [0.05, 0.1) is 0 Å². The first-order chi connectivity index (χ1) is 5.33. The maximum atomic E-state index is 4.54. The van der Waals surface area contributed by atoms with E-state index in [2.05, 4.69) is 19.6 Å². The molecule has 66 valence electrons. The molecule has 0 aromatic carbocycles. The molecule has 1 fully saturated rings. The average molecular weight is 172 g/mol. The van der Waals surface area contributed by atoms with Crippen molar-refractivity contribution in [2.75, 3.05) is 0 Å². The lowest BCUT2D eigenvalue weighted by Crippen LogP contribution is -2.11. The van der Waals surface area contributed by atoms with Crippen molar-refractivity contribution < 1.29 is 0 Å². The lowest BCUT2D eigenvalue weighted by Gasteiger charge is -2.23. The number of rotatable bonds is 3. The molecule has 1 rings (SSSR count). The van der Waals surface area contributed by atoms with Gasteiger partial charge in [-0.25, -0.2) is 0 Å². The van der Waals surface area contributed by atoms with Crippen LogP contribution in [0.3, 0.4) is 0 Å². The van der Waals surface area contributed by atoms with Crippen LogP contribution in [0.15, 0.2) is 0 Å². The molecule has 0 nitrogen and oxygen atoms in total. The van der Waals surface area contributed by atoms with Crippen LogP contribution in [0, 0.1) is 5.92 Å². The number of hydrogen-bond acceptors (Lipinski definition) is 1. The van der Waals surface area contributed by atoms with Crippen molar-refractivity contribution in [3.63, 3.8) is 0 Å². The van der Waals surface area contributed by atoms with E-state index < -0.39 is 0 Å². The largest absolute Gasteiger partial charge is 0.176 e. The van der Waals surface area contributed by atoms with E-state index >= 15 is 0 Å². The van der Waals surface area contributed by atoms with Gasteiger partial charge in [0.1, 0.15) is 0 Å². The number of thiol groups is 1. The second-order valence-corrected chi connectivity index (χ2v) is 4.53. The van der Waals surface area contributed by atoms with E-state index in [9.17, 15) is 0 Å². The topological polar surface area (TPSA) is 0 Å². The molecule has 11 heavy (non-hydrogen) atoms. The van der Waals surface area contributed by atoms with Crippen LogP contribution >= 0.6 is 12.6 Å². The van der Waals surface area contributed by atoms with E-state index in [0.717, 1.165) is 5.92 Å². The molecule has 0 N–H and O–H groups in total. The van der Waals surface area contributed by atoms with Crippen molar-refractivity contribution in [3.05, 3.63) is 0 Å². The van der Waals surface area contributed by atoms with E-state index in [1.807, 2.05) is 0 Å². The van der Waals surface area contributed by atoms with E-state index in [1.54, 1.807) is 0 Å². The summed E-state index contributed by atoms with van der Waals surface area (Å²) in [5, 5.41) is 0.665. The lowest BCUT2D eigenvalue weighted by molar-refractivity contribution is 0.335. The molecule has 0 radical (unpaired) electrons. The Morgan fingerprint density at radius 3 is 2.45 bits per heavy atom.